The molecule has 7 nitrogen and oxygen atoms in total. The van der Waals surface area contributed by atoms with Crippen molar-refractivity contribution in [3.63, 3.8) is 0 Å². The third-order valence-electron chi connectivity index (χ3n) is 7.47. The fourth-order valence-electron chi connectivity index (χ4n) is 4.39. The monoisotopic (exact) mass is 525 g/mol. The molecule has 1 atom stereocenters. The van der Waals surface area contributed by atoms with Gasteiger partial charge in [-0.1, -0.05) is 20.8 Å². The molecular weight excluding hydrogens is 493 g/mol. The number of carbonyl (C=O) groups excluding carboxylic acids is 1. The Labute approximate surface area is 216 Å². The number of pyridine rings is 2. The fourth-order valence-corrected chi connectivity index (χ4v) is 6.85. The molecule has 10 heteroatoms. The number of nitrogens with zero attached hydrogens (tertiary/aromatic N) is 5. The largest absolute Gasteiger partial charge is 0.412 e. The number of anilines is 2. The molecule has 0 N–H and O–H groups in total. The van der Waals surface area contributed by atoms with Crippen molar-refractivity contribution in [3.05, 3.63) is 53.2 Å². The quantitative estimate of drug-likeness (QED) is 0.322. The summed E-state index contributed by atoms with van der Waals surface area (Å²) in [4.78, 5) is 30.4. The number of hydrogen-bond donors (Lipinski definition) is 0. The maximum Gasteiger partial charge on any atom is 0.270 e. The Bertz CT molecular complexity index is 1280. The Kier molecular flexibility index (Phi) is 6.46. The summed E-state index contributed by atoms with van der Waals surface area (Å²) in [6.07, 6.45) is 5.01. The highest BCUT2D eigenvalue weighted by atomic mass is 32.1. The van der Waals surface area contributed by atoms with Gasteiger partial charge in [0.05, 0.1) is 29.2 Å². The van der Waals surface area contributed by atoms with Gasteiger partial charge in [0.25, 0.3) is 5.91 Å². The highest BCUT2D eigenvalue weighted by Crippen LogP contribution is 2.39. The van der Waals surface area contributed by atoms with Crippen molar-refractivity contribution >= 4 is 37.1 Å². The van der Waals surface area contributed by atoms with Gasteiger partial charge in [0.2, 0.25) is 5.95 Å². The van der Waals surface area contributed by atoms with Crippen molar-refractivity contribution in [1.82, 2.24) is 15.0 Å². The van der Waals surface area contributed by atoms with Gasteiger partial charge in [0.15, 0.2) is 8.32 Å². The molecule has 1 amide bonds. The predicted octanol–water partition coefficient (Wildman–Crippen LogP) is 5.54. The van der Waals surface area contributed by atoms with Crippen LogP contribution in [-0.2, 0) is 10.8 Å². The molecule has 2 aliphatic rings. The minimum Gasteiger partial charge on any atom is -0.412 e. The summed E-state index contributed by atoms with van der Waals surface area (Å²) in [6.45, 7) is 13.3. The van der Waals surface area contributed by atoms with E-state index in [2.05, 4.69) is 53.7 Å². The number of hydrogen-bond acceptors (Lipinski definition) is 7. The second-order valence-corrected chi connectivity index (χ2v) is 16.7. The van der Waals surface area contributed by atoms with E-state index in [-0.39, 0.29) is 17.0 Å². The zero-order chi connectivity index (χ0) is 25.7. The van der Waals surface area contributed by atoms with Gasteiger partial charge in [-0.15, -0.1) is 11.3 Å². The van der Waals surface area contributed by atoms with Crippen LogP contribution in [0.2, 0.25) is 18.1 Å². The van der Waals surface area contributed by atoms with E-state index in [0.29, 0.717) is 46.5 Å². The predicted molar refractivity (Wildman–Crippen MR) is 144 cm³/mol. The van der Waals surface area contributed by atoms with Crippen LogP contribution in [0.1, 0.15) is 42.6 Å². The van der Waals surface area contributed by atoms with Gasteiger partial charge in [0.1, 0.15) is 15.7 Å². The summed E-state index contributed by atoms with van der Waals surface area (Å²) in [7, 11) is -1.86. The number of halogens is 1. The van der Waals surface area contributed by atoms with Crippen LogP contribution in [0.25, 0.3) is 10.6 Å². The molecule has 5 rings (SSSR count). The van der Waals surface area contributed by atoms with Crippen LogP contribution in [0.4, 0.5) is 15.9 Å². The Morgan fingerprint density at radius 3 is 2.67 bits per heavy atom. The van der Waals surface area contributed by atoms with Crippen LogP contribution in [-0.4, -0.2) is 54.9 Å². The standard InChI is InChI=1S/C26H32FN5O2SSi/c1-26(2,3)36(4,5)34-18-10-13-31(16-18)21-9-8-19(23(27)30-21)24-29-20-11-14-32(25(33)22(20)35-24)17-7-6-12-28-15-17/h6-9,12,15,18H,10-11,13-14,16H2,1-5H3/t18-/m0/s1. The van der Waals surface area contributed by atoms with Crippen LogP contribution in [0.15, 0.2) is 36.7 Å². The molecule has 0 bridgehead atoms. The van der Waals surface area contributed by atoms with Crippen molar-refractivity contribution < 1.29 is 13.6 Å². The molecule has 3 aromatic rings. The Balaban J connectivity index is 1.31. The van der Waals surface area contributed by atoms with E-state index < -0.39 is 14.3 Å². The van der Waals surface area contributed by atoms with Crippen molar-refractivity contribution in [2.45, 2.75) is 57.8 Å². The summed E-state index contributed by atoms with van der Waals surface area (Å²) in [5.74, 6) is -0.0792. The van der Waals surface area contributed by atoms with E-state index in [1.54, 1.807) is 29.4 Å². The van der Waals surface area contributed by atoms with Crippen LogP contribution in [0.3, 0.4) is 0 Å². The molecule has 0 aromatic carbocycles. The maximum absolute atomic E-state index is 15.2. The van der Waals surface area contributed by atoms with E-state index in [1.165, 1.54) is 11.3 Å². The topological polar surface area (TPSA) is 71.5 Å². The lowest BCUT2D eigenvalue weighted by molar-refractivity contribution is 0.0984. The third kappa shape index (κ3) is 4.69. The SMILES string of the molecule is CC(C)(C)[Si](C)(C)O[C@H]1CCN(c2ccc(-c3nc4c(s3)C(=O)N(c3cccnc3)CC4)c(F)n2)C1. The van der Waals surface area contributed by atoms with Crippen LogP contribution < -0.4 is 9.80 Å². The smallest absolute Gasteiger partial charge is 0.270 e. The summed E-state index contributed by atoms with van der Waals surface area (Å²) >= 11 is 1.22. The number of thiazole rings is 1. The van der Waals surface area contributed by atoms with Gasteiger partial charge in [-0.25, -0.2) is 9.97 Å². The first-order valence-electron chi connectivity index (χ1n) is 12.3. The molecular formula is C26H32FN5O2SSi. The summed E-state index contributed by atoms with van der Waals surface area (Å²) < 4.78 is 21.8. The molecule has 0 saturated carbocycles. The number of rotatable bonds is 5. The van der Waals surface area contributed by atoms with Crippen molar-refractivity contribution in [3.8, 4) is 10.6 Å². The Hall–Kier alpha value is -2.69. The van der Waals surface area contributed by atoms with E-state index in [4.69, 9.17) is 4.43 Å². The first kappa shape index (κ1) is 25.0. The minimum atomic E-state index is -1.86. The molecule has 0 radical (unpaired) electrons. The molecule has 36 heavy (non-hydrogen) atoms. The zero-order valence-electron chi connectivity index (χ0n) is 21.4. The molecule has 2 aliphatic heterocycles. The molecule has 1 saturated heterocycles. The van der Waals surface area contributed by atoms with Crippen molar-refractivity contribution in [1.29, 1.82) is 0 Å². The van der Waals surface area contributed by atoms with Gasteiger partial charge in [0, 0.05) is 32.3 Å². The van der Waals surface area contributed by atoms with Gasteiger partial charge in [-0.2, -0.15) is 4.39 Å². The Morgan fingerprint density at radius 1 is 1.17 bits per heavy atom. The molecule has 0 unspecified atom stereocenters. The second kappa shape index (κ2) is 9.31. The van der Waals surface area contributed by atoms with Gasteiger partial charge < -0.3 is 14.2 Å². The first-order valence-corrected chi connectivity index (χ1v) is 16.1. The lowest BCUT2D eigenvalue weighted by atomic mass is 10.1. The molecule has 0 spiro atoms. The highest BCUT2D eigenvalue weighted by molar-refractivity contribution is 7.17. The number of carbonyl (C=O) groups is 1. The van der Waals surface area contributed by atoms with Gasteiger partial charge in [-0.3, -0.25) is 9.78 Å². The van der Waals surface area contributed by atoms with Crippen LogP contribution in [0.5, 0.6) is 0 Å². The molecule has 1 fully saturated rings. The number of amides is 1. The highest BCUT2D eigenvalue weighted by Gasteiger charge is 2.40. The van der Waals surface area contributed by atoms with Crippen LogP contribution >= 0.6 is 11.3 Å². The lowest BCUT2D eigenvalue weighted by Crippen LogP contribution is -2.44. The average molecular weight is 526 g/mol. The lowest BCUT2D eigenvalue weighted by Gasteiger charge is -2.38. The van der Waals surface area contributed by atoms with Gasteiger partial charge in [-0.05, 0) is 48.8 Å². The second-order valence-electron chi connectivity index (χ2n) is 11.0. The molecule has 190 valence electrons. The number of aromatic nitrogens is 3. The molecule has 5 heterocycles. The first-order chi connectivity index (χ1) is 17.0. The molecule has 3 aromatic heterocycles. The zero-order valence-corrected chi connectivity index (χ0v) is 23.2. The summed E-state index contributed by atoms with van der Waals surface area (Å²) in [6, 6.07) is 7.24. The maximum atomic E-state index is 15.2. The molecule has 0 aliphatic carbocycles. The minimum absolute atomic E-state index is 0.122. The van der Waals surface area contributed by atoms with E-state index >= 15 is 4.39 Å². The third-order valence-corrected chi connectivity index (χ3v) is 13.1. The van der Waals surface area contributed by atoms with Gasteiger partial charge >= 0.3 is 0 Å². The van der Waals surface area contributed by atoms with Crippen LogP contribution in [0, 0.1) is 5.95 Å². The number of fused-ring (bicyclic) bond motifs is 1. The van der Waals surface area contributed by atoms with Crippen molar-refractivity contribution in [2.24, 2.45) is 0 Å². The normalized spacial score (nSPS) is 18.6. The Morgan fingerprint density at radius 2 is 1.97 bits per heavy atom. The average Bonchev–Trinajstić information content (AvgIpc) is 3.46. The van der Waals surface area contributed by atoms with Crippen molar-refractivity contribution in [2.75, 3.05) is 29.4 Å². The fraction of sp³-hybridized carbons (Fsp3) is 0.462. The van der Waals surface area contributed by atoms with E-state index in [0.717, 1.165) is 18.7 Å². The van der Waals surface area contributed by atoms with E-state index in [9.17, 15) is 4.79 Å². The van der Waals surface area contributed by atoms with E-state index in [1.807, 2.05) is 12.1 Å². The summed E-state index contributed by atoms with van der Waals surface area (Å²) in [5, 5.41) is 0.633. The summed E-state index contributed by atoms with van der Waals surface area (Å²) in [5.41, 5.74) is 1.79.